The molecule has 1 unspecified atom stereocenters. The number of ether oxygens (including phenoxy) is 1. The largest absolute Gasteiger partial charge is 0.487 e. The molecule has 0 spiro atoms. The molecule has 0 saturated heterocycles. The molecule has 4 rings (SSSR count). The minimum atomic E-state index is -3.97. The number of aromatic nitrogens is 1. The number of hydrogen-bond donors (Lipinski definition) is 2. The van der Waals surface area contributed by atoms with E-state index in [1.807, 2.05) is 67.6 Å². The van der Waals surface area contributed by atoms with Crippen molar-refractivity contribution in [3.8, 4) is 5.75 Å². The summed E-state index contributed by atoms with van der Waals surface area (Å²) in [5.41, 5.74) is 3.56. The monoisotopic (exact) mass is 517 g/mol. The fraction of sp³-hybridized carbons (Fsp3) is 0.241. The average molecular weight is 518 g/mol. The number of aryl methyl sites for hydroxylation is 1. The molecule has 0 aliphatic carbocycles. The molecule has 1 aromatic heterocycles. The van der Waals surface area contributed by atoms with Crippen LogP contribution in [0.1, 0.15) is 49.0 Å². The molecule has 1 atom stereocenters. The van der Waals surface area contributed by atoms with Gasteiger partial charge in [-0.15, -0.1) is 0 Å². The van der Waals surface area contributed by atoms with E-state index in [0.717, 1.165) is 40.6 Å². The number of carbonyl (C=O) groups excluding carboxylic acids is 1. The zero-order chi connectivity index (χ0) is 26.3. The van der Waals surface area contributed by atoms with Crippen LogP contribution in [0.4, 0.5) is 4.79 Å². The van der Waals surface area contributed by atoms with Crippen molar-refractivity contribution in [3.05, 3.63) is 102 Å². The fourth-order valence-corrected chi connectivity index (χ4v) is 4.87. The SMILES string of the molecule is CCCCC(NC(=O)NS(=O)(=O)c1ccc(C)cc1)c1ccc(OCc2ccc3ccccc3n2)cc1. The Morgan fingerprint density at radius 3 is 2.41 bits per heavy atom. The summed E-state index contributed by atoms with van der Waals surface area (Å²) in [7, 11) is -3.97. The lowest BCUT2D eigenvalue weighted by molar-refractivity contribution is 0.241. The van der Waals surface area contributed by atoms with E-state index in [1.165, 1.54) is 12.1 Å². The number of amides is 2. The lowest BCUT2D eigenvalue weighted by atomic mass is 10.0. The van der Waals surface area contributed by atoms with Gasteiger partial charge in [-0.25, -0.2) is 22.9 Å². The molecule has 37 heavy (non-hydrogen) atoms. The van der Waals surface area contributed by atoms with Crippen molar-refractivity contribution in [1.29, 1.82) is 0 Å². The van der Waals surface area contributed by atoms with Gasteiger partial charge >= 0.3 is 6.03 Å². The van der Waals surface area contributed by atoms with Gasteiger partial charge in [-0.05, 0) is 55.3 Å². The van der Waals surface area contributed by atoms with Crippen LogP contribution in [0.2, 0.25) is 0 Å². The minimum absolute atomic E-state index is 0.0424. The van der Waals surface area contributed by atoms with Gasteiger partial charge in [-0.1, -0.05) is 73.9 Å². The fourth-order valence-electron chi connectivity index (χ4n) is 3.96. The van der Waals surface area contributed by atoms with Crippen molar-refractivity contribution >= 4 is 27.0 Å². The quantitative estimate of drug-likeness (QED) is 0.267. The van der Waals surface area contributed by atoms with Gasteiger partial charge in [0.05, 0.1) is 22.1 Å². The Morgan fingerprint density at radius 2 is 1.68 bits per heavy atom. The molecule has 8 heteroatoms. The predicted molar refractivity (Wildman–Crippen MR) is 145 cm³/mol. The number of para-hydroxylation sites is 1. The van der Waals surface area contributed by atoms with Crippen molar-refractivity contribution in [2.75, 3.05) is 0 Å². The molecule has 1 heterocycles. The molecular formula is C29H31N3O4S. The maximum absolute atomic E-state index is 12.6. The third-order valence-electron chi connectivity index (χ3n) is 6.04. The Balaban J connectivity index is 1.39. The number of sulfonamides is 1. The summed E-state index contributed by atoms with van der Waals surface area (Å²) in [4.78, 5) is 17.3. The number of unbranched alkanes of at least 4 members (excludes halogenated alkanes) is 1. The van der Waals surface area contributed by atoms with Crippen LogP contribution in [0.15, 0.2) is 89.8 Å². The maximum atomic E-state index is 12.6. The lowest BCUT2D eigenvalue weighted by Crippen LogP contribution is -2.41. The number of hydrogen-bond acceptors (Lipinski definition) is 5. The van der Waals surface area contributed by atoms with Crippen LogP contribution in [0.5, 0.6) is 5.75 Å². The second-order valence-corrected chi connectivity index (χ2v) is 10.6. The number of benzene rings is 3. The van der Waals surface area contributed by atoms with E-state index in [0.29, 0.717) is 18.8 Å². The molecule has 2 N–H and O–H groups in total. The maximum Gasteiger partial charge on any atom is 0.329 e. The molecule has 4 aromatic rings. The summed E-state index contributed by atoms with van der Waals surface area (Å²) in [6.45, 7) is 4.27. The van der Waals surface area contributed by atoms with E-state index in [-0.39, 0.29) is 10.9 Å². The third-order valence-corrected chi connectivity index (χ3v) is 7.38. The summed E-state index contributed by atoms with van der Waals surface area (Å²) >= 11 is 0. The first kappa shape index (κ1) is 26.2. The smallest absolute Gasteiger partial charge is 0.329 e. The first-order valence-corrected chi connectivity index (χ1v) is 13.8. The molecule has 7 nitrogen and oxygen atoms in total. The summed E-state index contributed by atoms with van der Waals surface area (Å²) in [6, 6.07) is 24.6. The van der Waals surface area contributed by atoms with Crippen LogP contribution in [0.3, 0.4) is 0 Å². The first-order chi connectivity index (χ1) is 17.8. The zero-order valence-corrected chi connectivity index (χ0v) is 21.8. The van der Waals surface area contributed by atoms with Crippen LogP contribution in [-0.4, -0.2) is 19.4 Å². The van der Waals surface area contributed by atoms with Gasteiger partial charge in [-0.3, -0.25) is 0 Å². The van der Waals surface area contributed by atoms with Crippen molar-refractivity contribution in [2.45, 2.75) is 50.7 Å². The summed E-state index contributed by atoms with van der Waals surface area (Å²) in [5, 5.41) is 3.90. The van der Waals surface area contributed by atoms with Gasteiger partial charge in [0.25, 0.3) is 10.0 Å². The van der Waals surface area contributed by atoms with Crippen molar-refractivity contribution in [1.82, 2.24) is 15.0 Å². The van der Waals surface area contributed by atoms with Gasteiger partial charge < -0.3 is 10.1 Å². The van der Waals surface area contributed by atoms with Crippen molar-refractivity contribution < 1.29 is 17.9 Å². The van der Waals surface area contributed by atoms with Crippen molar-refractivity contribution in [3.63, 3.8) is 0 Å². The van der Waals surface area contributed by atoms with Crippen LogP contribution in [-0.2, 0) is 16.6 Å². The van der Waals surface area contributed by atoms with Gasteiger partial charge in [0.2, 0.25) is 0 Å². The van der Waals surface area contributed by atoms with Crippen LogP contribution >= 0.6 is 0 Å². The van der Waals surface area contributed by atoms with E-state index >= 15 is 0 Å². The number of rotatable bonds is 10. The molecule has 0 saturated carbocycles. The number of nitrogens with zero attached hydrogens (tertiary/aromatic N) is 1. The Morgan fingerprint density at radius 1 is 0.946 bits per heavy atom. The highest BCUT2D eigenvalue weighted by molar-refractivity contribution is 7.90. The Hall–Kier alpha value is -3.91. The predicted octanol–water partition coefficient (Wildman–Crippen LogP) is 6.04. The van der Waals surface area contributed by atoms with E-state index in [2.05, 4.69) is 21.9 Å². The Labute approximate surface area is 218 Å². The second-order valence-electron chi connectivity index (χ2n) is 8.94. The lowest BCUT2D eigenvalue weighted by Gasteiger charge is -2.20. The minimum Gasteiger partial charge on any atom is -0.487 e. The number of carbonyl (C=O) groups is 1. The van der Waals surface area contributed by atoms with Gasteiger partial charge in [-0.2, -0.15) is 0 Å². The van der Waals surface area contributed by atoms with Crippen LogP contribution in [0, 0.1) is 6.92 Å². The molecule has 2 amide bonds. The summed E-state index contributed by atoms with van der Waals surface area (Å²) < 4.78 is 33.2. The number of urea groups is 1. The third kappa shape index (κ3) is 7.07. The van der Waals surface area contributed by atoms with E-state index in [1.54, 1.807) is 12.1 Å². The molecule has 3 aromatic carbocycles. The average Bonchev–Trinajstić information content (AvgIpc) is 2.90. The Bertz CT molecular complexity index is 1450. The molecule has 0 aliphatic rings. The highest BCUT2D eigenvalue weighted by Crippen LogP contribution is 2.23. The zero-order valence-electron chi connectivity index (χ0n) is 21.0. The van der Waals surface area contributed by atoms with E-state index in [4.69, 9.17) is 4.74 Å². The van der Waals surface area contributed by atoms with Crippen molar-refractivity contribution in [2.24, 2.45) is 0 Å². The molecule has 0 radical (unpaired) electrons. The number of nitrogens with one attached hydrogen (secondary N) is 2. The van der Waals surface area contributed by atoms with E-state index < -0.39 is 16.1 Å². The van der Waals surface area contributed by atoms with Crippen LogP contribution in [0.25, 0.3) is 10.9 Å². The standard InChI is InChI=1S/C29H31N3O4S/c1-3-4-8-28(31-29(33)32-37(34,35)26-18-10-21(2)11-19-26)23-13-16-25(17-14-23)36-20-24-15-12-22-7-5-6-9-27(22)30-24/h5-7,9-19,28H,3-4,8,20H2,1-2H3,(H2,31,32,33). The topological polar surface area (TPSA) is 97.4 Å². The van der Waals surface area contributed by atoms with Gasteiger partial charge in [0.15, 0.2) is 0 Å². The molecule has 0 bridgehead atoms. The van der Waals surface area contributed by atoms with Gasteiger partial charge in [0.1, 0.15) is 12.4 Å². The highest BCUT2D eigenvalue weighted by atomic mass is 32.2. The normalized spacial score (nSPS) is 12.2. The Kier molecular flexibility index (Phi) is 8.40. The van der Waals surface area contributed by atoms with E-state index in [9.17, 15) is 13.2 Å². The molecule has 0 fully saturated rings. The number of pyridine rings is 1. The molecule has 192 valence electrons. The van der Waals surface area contributed by atoms with Gasteiger partial charge in [0, 0.05) is 5.39 Å². The number of fused-ring (bicyclic) bond motifs is 1. The summed E-state index contributed by atoms with van der Waals surface area (Å²) in [5.74, 6) is 0.680. The highest BCUT2D eigenvalue weighted by Gasteiger charge is 2.20. The first-order valence-electron chi connectivity index (χ1n) is 12.3. The molecule has 0 aliphatic heterocycles. The second kappa shape index (κ2) is 11.9. The molecular weight excluding hydrogens is 486 g/mol. The summed E-state index contributed by atoms with van der Waals surface area (Å²) in [6.07, 6.45) is 2.50. The van der Waals surface area contributed by atoms with Crippen LogP contribution < -0.4 is 14.8 Å².